The zero-order valence-corrected chi connectivity index (χ0v) is 17.6. The molecule has 3 aromatic carbocycles. The highest BCUT2D eigenvalue weighted by Crippen LogP contribution is 2.37. The van der Waals surface area contributed by atoms with E-state index in [1.54, 1.807) is 11.8 Å². The highest BCUT2D eigenvalue weighted by atomic mass is 79.9. The molecule has 4 rings (SSSR count). The molecule has 1 heterocycles. The topological polar surface area (TPSA) is 37.8 Å². The Morgan fingerprint density at radius 2 is 1.86 bits per heavy atom. The molecule has 136 valence electrons. The standard InChI is InChI=1S/C22H13BrClN3S/c1-2-14-4-3-5-16(10-14)27-22-18-11-21(19(24)12-20(18)25-13-26-22)28-17-8-6-15(23)7-9-17/h1,3-13H,(H,25,26,27). The molecule has 0 saturated heterocycles. The van der Waals surface area contributed by atoms with Crippen LogP contribution in [0, 0.1) is 12.3 Å². The van der Waals surface area contributed by atoms with Crippen molar-refractivity contribution >= 4 is 61.7 Å². The van der Waals surface area contributed by atoms with Gasteiger partial charge in [0.2, 0.25) is 0 Å². The summed E-state index contributed by atoms with van der Waals surface area (Å²) in [6.45, 7) is 0. The minimum atomic E-state index is 0.652. The van der Waals surface area contributed by atoms with Gasteiger partial charge in [-0.05, 0) is 54.6 Å². The van der Waals surface area contributed by atoms with Crippen LogP contribution in [0.1, 0.15) is 5.56 Å². The highest BCUT2D eigenvalue weighted by molar-refractivity contribution is 9.10. The van der Waals surface area contributed by atoms with Gasteiger partial charge in [-0.3, -0.25) is 0 Å². The van der Waals surface area contributed by atoms with Crippen LogP contribution < -0.4 is 5.32 Å². The summed E-state index contributed by atoms with van der Waals surface area (Å²) < 4.78 is 1.04. The summed E-state index contributed by atoms with van der Waals surface area (Å²) in [6, 6.07) is 19.6. The average molecular weight is 467 g/mol. The molecule has 0 unspecified atom stereocenters. The minimum Gasteiger partial charge on any atom is -0.340 e. The maximum atomic E-state index is 6.50. The molecule has 0 fully saturated rings. The fourth-order valence-electron chi connectivity index (χ4n) is 2.69. The van der Waals surface area contributed by atoms with Crippen LogP contribution in [0.15, 0.2) is 81.3 Å². The Balaban J connectivity index is 1.73. The zero-order valence-electron chi connectivity index (χ0n) is 14.5. The van der Waals surface area contributed by atoms with Crippen LogP contribution in [0.5, 0.6) is 0 Å². The molecule has 0 atom stereocenters. The Labute approximate surface area is 180 Å². The number of hydrogen-bond donors (Lipinski definition) is 1. The van der Waals surface area contributed by atoms with Gasteiger partial charge in [0, 0.05) is 30.9 Å². The number of terminal acetylenes is 1. The van der Waals surface area contributed by atoms with Crippen molar-refractivity contribution in [1.29, 1.82) is 0 Å². The van der Waals surface area contributed by atoms with Gasteiger partial charge >= 0.3 is 0 Å². The van der Waals surface area contributed by atoms with E-state index in [2.05, 4.69) is 37.1 Å². The van der Waals surface area contributed by atoms with E-state index in [0.717, 1.165) is 36.4 Å². The number of aromatic nitrogens is 2. The normalized spacial score (nSPS) is 10.6. The quantitative estimate of drug-likeness (QED) is 0.331. The van der Waals surface area contributed by atoms with E-state index in [1.165, 1.54) is 6.33 Å². The number of fused-ring (bicyclic) bond motifs is 1. The van der Waals surface area contributed by atoms with Crippen molar-refractivity contribution in [3.63, 3.8) is 0 Å². The average Bonchev–Trinajstić information content (AvgIpc) is 2.71. The van der Waals surface area contributed by atoms with Gasteiger partial charge in [0.15, 0.2) is 0 Å². The molecule has 0 radical (unpaired) electrons. The van der Waals surface area contributed by atoms with Crippen molar-refractivity contribution < 1.29 is 0 Å². The lowest BCUT2D eigenvalue weighted by Gasteiger charge is -2.11. The molecule has 0 amide bonds. The van der Waals surface area contributed by atoms with E-state index in [9.17, 15) is 0 Å². The second-order valence-electron chi connectivity index (χ2n) is 5.93. The molecular formula is C22H13BrClN3S. The van der Waals surface area contributed by atoms with Crippen molar-refractivity contribution in [3.8, 4) is 12.3 Å². The predicted octanol–water partition coefficient (Wildman–Crippen LogP) is 6.92. The second kappa shape index (κ2) is 8.24. The molecule has 0 saturated carbocycles. The third-order valence-corrected chi connectivity index (χ3v) is 6.04. The van der Waals surface area contributed by atoms with Crippen molar-refractivity contribution in [3.05, 3.63) is 82.0 Å². The van der Waals surface area contributed by atoms with E-state index in [0.29, 0.717) is 10.8 Å². The fraction of sp³-hybridized carbons (Fsp3) is 0. The lowest BCUT2D eigenvalue weighted by atomic mass is 10.2. The van der Waals surface area contributed by atoms with E-state index < -0.39 is 0 Å². The van der Waals surface area contributed by atoms with Gasteiger partial charge in [0.1, 0.15) is 12.1 Å². The Hall–Kier alpha value is -2.52. The lowest BCUT2D eigenvalue weighted by molar-refractivity contribution is 1.21. The van der Waals surface area contributed by atoms with Gasteiger partial charge in [0.05, 0.1) is 10.5 Å². The molecule has 1 N–H and O–H groups in total. The van der Waals surface area contributed by atoms with Gasteiger partial charge in [-0.15, -0.1) is 6.42 Å². The number of nitrogens with zero attached hydrogens (tertiary/aromatic N) is 2. The van der Waals surface area contributed by atoms with E-state index in [-0.39, 0.29) is 0 Å². The molecule has 0 spiro atoms. The molecule has 0 bridgehead atoms. The SMILES string of the molecule is C#Cc1cccc(Nc2ncnc3cc(Cl)c(Sc4ccc(Br)cc4)cc23)c1. The number of benzene rings is 3. The van der Waals surface area contributed by atoms with E-state index >= 15 is 0 Å². The first-order valence-electron chi connectivity index (χ1n) is 8.34. The van der Waals surface area contributed by atoms with Crippen LogP contribution in [0.3, 0.4) is 0 Å². The van der Waals surface area contributed by atoms with E-state index in [4.69, 9.17) is 18.0 Å². The first-order chi connectivity index (χ1) is 13.6. The number of halogens is 2. The van der Waals surface area contributed by atoms with Crippen LogP contribution in [-0.2, 0) is 0 Å². The number of nitrogens with one attached hydrogen (secondary N) is 1. The third-order valence-electron chi connectivity index (χ3n) is 4.02. The Kier molecular flexibility index (Phi) is 5.54. The van der Waals surface area contributed by atoms with Gasteiger partial charge in [0.25, 0.3) is 0 Å². The Morgan fingerprint density at radius 1 is 1.04 bits per heavy atom. The molecule has 0 aliphatic carbocycles. The Morgan fingerprint density at radius 3 is 2.64 bits per heavy atom. The summed E-state index contributed by atoms with van der Waals surface area (Å²) >= 11 is 11.6. The fourth-order valence-corrected chi connectivity index (χ4v) is 4.09. The molecule has 28 heavy (non-hydrogen) atoms. The second-order valence-corrected chi connectivity index (χ2v) is 8.37. The number of anilines is 2. The van der Waals surface area contributed by atoms with Crippen molar-refractivity contribution in [2.45, 2.75) is 9.79 Å². The van der Waals surface area contributed by atoms with Gasteiger partial charge in [-0.25, -0.2) is 9.97 Å². The van der Waals surface area contributed by atoms with Crippen LogP contribution in [0.4, 0.5) is 11.5 Å². The van der Waals surface area contributed by atoms with Crippen molar-refractivity contribution in [2.24, 2.45) is 0 Å². The number of hydrogen-bond acceptors (Lipinski definition) is 4. The van der Waals surface area contributed by atoms with Crippen molar-refractivity contribution in [2.75, 3.05) is 5.32 Å². The summed E-state index contributed by atoms with van der Waals surface area (Å²) in [7, 11) is 0. The monoisotopic (exact) mass is 465 g/mol. The summed E-state index contributed by atoms with van der Waals surface area (Å²) in [5.74, 6) is 3.34. The summed E-state index contributed by atoms with van der Waals surface area (Å²) in [5.41, 5.74) is 2.45. The first kappa shape index (κ1) is 18.8. The first-order valence-corrected chi connectivity index (χ1v) is 10.3. The van der Waals surface area contributed by atoms with Crippen LogP contribution >= 0.6 is 39.3 Å². The maximum Gasteiger partial charge on any atom is 0.141 e. The van der Waals surface area contributed by atoms with E-state index in [1.807, 2.05) is 60.7 Å². The van der Waals surface area contributed by atoms with Crippen LogP contribution in [0.25, 0.3) is 10.9 Å². The molecule has 0 aliphatic heterocycles. The van der Waals surface area contributed by atoms with Gasteiger partial charge < -0.3 is 5.32 Å². The lowest BCUT2D eigenvalue weighted by Crippen LogP contribution is -1.96. The zero-order chi connectivity index (χ0) is 19.5. The summed E-state index contributed by atoms with van der Waals surface area (Å²) in [4.78, 5) is 10.8. The van der Waals surface area contributed by atoms with Gasteiger partial charge in [-0.1, -0.05) is 51.3 Å². The van der Waals surface area contributed by atoms with Crippen LogP contribution in [-0.4, -0.2) is 9.97 Å². The maximum absolute atomic E-state index is 6.50. The number of rotatable bonds is 4. The molecule has 4 aromatic rings. The summed E-state index contributed by atoms with van der Waals surface area (Å²) in [5, 5.41) is 4.87. The Bertz CT molecular complexity index is 1200. The molecule has 1 aromatic heterocycles. The van der Waals surface area contributed by atoms with Crippen molar-refractivity contribution in [1.82, 2.24) is 9.97 Å². The largest absolute Gasteiger partial charge is 0.340 e. The predicted molar refractivity (Wildman–Crippen MR) is 120 cm³/mol. The third kappa shape index (κ3) is 4.15. The highest BCUT2D eigenvalue weighted by Gasteiger charge is 2.11. The summed E-state index contributed by atoms with van der Waals surface area (Å²) in [6.07, 6.45) is 7.02. The molecule has 0 aliphatic rings. The molecule has 3 nitrogen and oxygen atoms in total. The minimum absolute atomic E-state index is 0.652. The van der Waals surface area contributed by atoms with Crippen LogP contribution in [0.2, 0.25) is 5.02 Å². The molecular weight excluding hydrogens is 454 g/mol. The van der Waals surface area contributed by atoms with Gasteiger partial charge in [-0.2, -0.15) is 0 Å². The smallest absolute Gasteiger partial charge is 0.141 e. The molecule has 6 heteroatoms.